The lowest BCUT2D eigenvalue weighted by Gasteiger charge is -1.98. The first kappa shape index (κ1) is 8.41. The third-order valence-corrected chi connectivity index (χ3v) is 1.90. The fourth-order valence-electron chi connectivity index (χ4n) is 1.11. The number of thiocarbonyl (C=S) groups is 1. The van der Waals surface area contributed by atoms with E-state index in [0.29, 0.717) is 0 Å². The molecule has 1 rings (SSSR count). The van der Waals surface area contributed by atoms with E-state index < -0.39 is 0 Å². The van der Waals surface area contributed by atoms with Crippen molar-refractivity contribution in [2.24, 2.45) is 0 Å². The summed E-state index contributed by atoms with van der Waals surface area (Å²) >= 11 is 4.84. The van der Waals surface area contributed by atoms with Gasteiger partial charge < -0.3 is 0 Å². The van der Waals surface area contributed by atoms with Crippen molar-refractivity contribution < 1.29 is 0 Å². The van der Waals surface area contributed by atoms with Crippen molar-refractivity contribution in [3.8, 4) is 0 Å². The Morgan fingerprint density at radius 3 is 2.91 bits per heavy atom. The van der Waals surface area contributed by atoms with Crippen molar-refractivity contribution in [3.63, 3.8) is 0 Å². The summed E-state index contributed by atoms with van der Waals surface area (Å²) in [4.78, 5) is 0. The molecule has 0 nitrogen and oxygen atoms in total. The van der Waals surface area contributed by atoms with E-state index in [-0.39, 0.29) is 0 Å². The fourth-order valence-corrected chi connectivity index (χ4v) is 1.26. The molecule has 0 atom stereocenters. The highest BCUT2D eigenvalue weighted by molar-refractivity contribution is 7.79. The smallest absolute Gasteiger partial charge is 0.00862 e. The first-order valence-corrected chi connectivity index (χ1v) is 4.38. The van der Waals surface area contributed by atoms with E-state index in [4.69, 9.17) is 12.2 Å². The van der Waals surface area contributed by atoms with Gasteiger partial charge in [0.05, 0.1) is 0 Å². The molecule has 0 amide bonds. The number of aryl methyl sites for hydroxylation is 1. The van der Waals surface area contributed by atoms with Crippen LogP contribution >= 0.6 is 12.2 Å². The molecule has 0 spiro atoms. The van der Waals surface area contributed by atoms with Gasteiger partial charge in [-0.05, 0) is 17.5 Å². The third kappa shape index (κ3) is 2.43. The summed E-state index contributed by atoms with van der Waals surface area (Å²) in [5.41, 5.74) is 2.53. The van der Waals surface area contributed by atoms with Crippen LogP contribution in [0, 0.1) is 0 Å². The molecule has 0 aliphatic rings. The topological polar surface area (TPSA) is 0 Å². The molecular weight excluding hydrogens is 152 g/mol. The molecule has 0 bridgehead atoms. The zero-order valence-electron chi connectivity index (χ0n) is 6.71. The van der Waals surface area contributed by atoms with Crippen LogP contribution in [0.5, 0.6) is 0 Å². The molecule has 11 heavy (non-hydrogen) atoms. The summed E-state index contributed by atoms with van der Waals surface area (Å²) in [7, 11) is 0. The van der Waals surface area contributed by atoms with E-state index >= 15 is 0 Å². The van der Waals surface area contributed by atoms with Crippen LogP contribution in [0.15, 0.2) is 24.3 Å². The van der Waals surface area contributed by atoms with Gasteiger partial charge in [-0.25, -0.2) is 0 Å². The average molecular weight is 164 g/mol. The summed E-state index contributed by atoms with van der Waals surface area (Å²) in [6.07, 6.45) is 2.35. The van der Waals surface area contributed by atoms with Gasteiger partial charge in [-0.3, -0.25) is 0 Å². The van der Waals surface area contributed by atoms with Crippen LogP contribution in [0.2, 0.25) is 0 Å². The van der Waals surface area contributed by atoms with E-state index in [9.17, 15) is 0 Å². The Morgan fingerprint density at radius 2 is 2.27 bits per heavy atom. The Morgan fingerprint density at radius 1 is 1.45 bits per heavy atom. The summed E-state index contributed by atoms with van der Waals surface area (Å²) in [5.74, 6) is 0. The van der Waals surface area contributed by atoms with Gasteiger partial charge in [0.15, 0.2) is 0 Å². The zero-order valence-corrected chi connectivity index (χ0v) is 7.53. The van der Waals surface area contributed by atoms with Crippen LogP contribution in [0.1, 0.15) is 24.5 Å². The second-order valence-electron chi connectivity index (χ2n) is 2.61. The second kappa shape index (κ2) is 4.24. The van der Waals surface area contributed by atoms with Gasteiger partial charge in [-0.1, -0.05) is 49.8 Å². The van der Waals surface area contributed by atoms with Gasteiger partial charge in [0.2, 0.25) is 0 Å². The molecule has 1 aromatic carbocycles. The van der Waals surface area contributed by atoms with Crippen LogP contribution in [0.4, 0.5) is 0 Å². The van der Waals surface area contributed by atoms with E-state index in [1.807, 2.05) is 6.07 Å². The molecule has 0 unspecified atom stereocenters. The third-order valence-electron chi connectivity index (χ3n) is 1.63. The van der Waals surface area contributed by atoms with E-state index in [0.717, 1.165) is 12.0 Å². The maximum atomic E-state index is 4.84. The lowest BCUT2D eigenvalue weighted by molar-refractivity contribution is 0.922. The molecule has 0 aromatic heterocycles. The highest BCUT2D eigenvalue weighted by Crippen LogP contribution is 2.05. The van der Waals surface area contributed by atoms with Crippen LogP contribution < -0.4 is 0 Å². The molecule has 0 saturated heterocycles. The molecule has 0 saturated carbocycles. The van der Waals surface area contributed by atoms with Crippen molar-refractivity contribution in [1.82, 2.24) is 0 Å². The van der Waals surface area contributed by atoms with E-state index in [1.165, 1.54) is 12.0 Å². The lowest BCUT2D eigenvalue weighted by atomic mass is 10.1. The lowest BCUT2D eigenvalue weighted by Crippen LogP contribution is -1.84. The van der Waals surface area contributed by atoms with Crippen molar-refractivity contribution in [2.75, 3.05) is 0 Å². The second-order valence-corrected chi connectivity index (χ2v) is 2.85. The van der Waals surface area contributed by atoms with E-state index in [2.05, 4.69) is 25.1 Å². The van der Waals surface area contributed by atoms with Gasteiger partial charge >= 0.3 is 0 Å². The minimum atomic E-state index is 1.14. The maximum Gasteiger partial charge on any atom is 0.00862 e. The first-order valence-electron chi connectivity index (χ1n) is 3.91. The summed E-state index contributed by atoms with van der Waals surface area (Å²) < 4.78 is 0. The van der Waals surface area contributed by atoms with Gasteiger partial charge in [-0.15, -0.1) is 0 Å². The molecule has 0 aliphatic heterocycles. The Kier molecular flexibility index (Phi) is 3.24. The van der Waals surface area contributed by atoms with Crippen LogP contribution in [0.3, 0.4) is 0 Å². The Hall–Kier alpha value is -0.690. The number of hydrogen-bond donors (Lipinski definition) is 0. The molecule has 1 heteroatoms. The quantitative estimate of drug-likeness (QED) is 0.619. The minimum Gasteiger partial charge on any atom is -0.0881 e. The van der Waals surface area contributed by atoms with Crippen LogP contribution in [-0.2, 0) is 6.42 Å². The van der Waals surface area contributed by atoms with Crippen LogP contribution in [-0.4, -0.2) is 5.37 Å². The molecule has 58 valence electrons. The number of benzene rings is 1. The van der Waals surface area contributed by atoms with E-state index in [1.54, 1.807) is 5.37 Å². The Labute approximate surface area is 73.2 Å². The summed E-state index contributed by atoms with van der Waals surface area (Å²) in [5, 5.41) is 1.72. The number of hydrogen-bond acceptors (Lipinski definition) is 1. The summed E-state index contributed by atoms with van der Waals surface area (Å²) in [6, 6.07) is 8.39. The van der Waals surface area contributed by atoms with Crippen molar-refractivity contribution in [1.29, 1.82) is 0 Å². The molecule has 0 N–H and O–H groups in total. The monoisotopic (exact) mass is 164 g/mol. The van der Waals surface area contributed by atoms with Gasteiger partial charge in [0.25, 0.3) is 0 Å². The Bertz CT molecular complexity index is 240. The molecule has 0 aliphatic carbocycles. The standard InChI is InChI=1S/C10H12S/c1-2-4-9-5-3-6-10(7-9)8-11/h3,5-8H,2,4H2,1H3. The van der Waals surface area contributed by atoms with Crippen molar-refractivity contribution >= 4 is 17.6 Å². The SMILES string of the molecule is CCCc1cccc(C=S)c1. The highest BCUT2D eigenvalue weighted by Gasteiger charge is 1.90. The Balaban J connectivity index is 2.82. The number of rotatable bonds is 3. The molecular formula is C10H12S. The van der Waals surface area contributed by atoms with Crippen LogP contribution in [0.25, 0.3) is 0 Å². The van der Waals surface area contributed by atoms with Crippen molar-refractivity contribution in [3.05, 3.63) is 35.4 Å². The maximum absolute atomic E-state index is 4.84. The highest BCUT2D eigenvalue weighted by atomic mass is 32.1. The summed E-state index contributed by atoms with van der Waals surface area (Å²) in [6.45, 7) is 2.18. The average Bonchev–Trinajstić information content (AvgIpc) is 2.06. The molecule has 1 aromatic rings. The first-order chi connectivity index (χ1) is 5.36. The molecule has 0 fully saturated rings. The fraction of sp³-hybridized carbons (Fsp3) is 0.300. The normalized spacial score (nSPS) is 9.55. The predicted octanol–water partition coefficient (Wildman–Crippen LogP) is 2.99. The molecule has 0 radical (unpaired) electrons. The largest absolute Gasteiger partial charge is 0.0881 e. The molecule has 0 heterocycles. The predicted molar refractivity (Wildman–Crippen MR) is 53.2 cm³/mol. The van der Waals surface area contributed by atoms with Gasteiger partial charge in [0, 0.05) is 5.37 Å². The van der Waals surface area contributed by atoms with Crippen molar-refractivity contribution in [2.45, 2.75) is 19.8 Å². The van der Waals surface area contributed by atoms with Gasteiger partial charge in [-0.2, -0.15) is 0 Å². The van der Waals surface area contributed by atoms with Gasteiger partial charge in [0.1, 0.15) is 0 Å². The zero-order chi connectivity index (χ0) is 8.10. The minimum absolute atomic E-state index is 1.14.